The highest BCUT2D eigenvalue weighted by atomic mass is 32.1. The highest BCUT2D eigenvalue weighted by Crippen LogP contribution is 2.29. The zero-order valence-electron chi connectivity index (χ0n) is 16.4. The van der Waals surface area contributed by atoms with E-state index in [1.54, 1.807) is 0 Å². The standard InChI is InChI=1S/C22H28N2OS/c1-6-16-12-17(10-15(5)22(16)25)18-7-8-19(24-23-18)21-11-14(4)20(26-21)9-13(2)3/h10-13,25H,6-9H2,1-5H3. The van der Waals surface area contributed by atoms with E-state index < -0.39 is 0 Å². The van der Waals surface area contributed by atoms with Crippen LogP contribution in [-0.2, 0) is 12.8 Å². The first-order valence-corrected chi connectivity index (χ1v) is 10.3. The molecule has 1 N–H and O–H groups in total. The van der Waals surface area contributed by atoms with Crippen LogP contribution >= 0.6 is 11.3 Å². The lowest BCUT2D eigenvalue weighted by Crippen LogP contribution is -2.11. The largest absolute Gasteiger partial charge is 0.507 e. The molecule has 2 heterocycles. The molecule has 26 heavy (non-hydrogen) atoms. The van der Waals surface area contributed by atoms with E-state index in [0.717, 1.165) is 53.8 Å². The van der Waals surface area contributed by atoms with Crippen molar-refractivity contribution in [3.8, 4) is 5.75 Å². The topological polar surface area (TPSA) is 45.0 Å². The van der Waals surface area contributed by atoms with Gasteiger partial charge in [-0.05, 0) is 85.9 Å². The van der Waals surface area contributed by atoms with Crippen molar-refractivity contribution in [3.63, 3.8) is 0 Å². The molecule has 0 bridgehead atoms. The number of rotatable bonds is 5. The van der Waals surface area contributed by atoms with Gasteiger partial charge in [-0.1, -0.05) is 20.8 Å². The summed E-state index contributed by atoms with van der Waals surface area (Å²) in [7, 11) is 0. The molecule has 0 spiro atoms. The van der Waals surface area contributed by atoms with Crippen LogP contribution in [0.1, 0.15) is 65.6 Å². The summed E-state index contributed by atoms with van der Waals surface area (Å²) < 4.78 is 0. The molecule has 1 aromatic carbocycles. The fraction of sp³-hybridized carbons (Fsp3) is 0.455. The molecule has 3 rings (SSSR count). The van der Waals surface area contributed by atoms with Crippen molar-refractivity contribution in [1.82, 2.24) is 0 Å². The number of hydrogen-bond donors (Lipinski definition) is 1. The fourth-order valence-electron chi connectivity index (χ4n) is 3.36. The van der Waals surface area contributed by atoms with Crippen LogP contribution in [0.3, 0.4) is 0 Å². The van der Waals surface area contributed by atoms with E-state index in [-0.39, 0.29) is 0 Å². The van der Waals surface area contributed by atoms with Crippen molar-refractivity contribution < 1.29 is 5.11 Å². The van der Waals surface area contributed by atoms with Gasteiger partial charge >= 0.3 is 0 Å². The Kier molecular flexibility index (Phi) is 5.61. The van der Waals surface area contributed by atoms with E-state index in [1.807, 2.05) is 24.3 Å². The third kappa shape index (κ3) is 3.90. The van der Waals surface area contributed by atoms with E-state index in [0.29, 0.717) is 11.7 Å². The second-order valence-corrected chi connectivity index (χ2v) is 8.70. The Morgan fingerprint density at radius 3 is 2.35 bits per heavy atom. The molecule has 0 aliphatic carbocycles. The molecule has 1 aliphatic rings. The van der Waals surface area contributed by atoms with Gasteiger partial charge in [0.1, 0.15) is 5.75 Å². The van der Waals surface area contributed by atoms with Gasteiger partial charge in [0.25, 0.3) is 0 Å². The summed E-state index contributed by atoms with van der Waals surface area (Å²) in [4.78, 5) is 2.73. The van der Waals surface area contributed by atoms with Gasteiger partial charge < -0.3 is 5.11 Å². The van der Waals surface area contributed by atoms with Gasteiger partial charge in [0.15, 0.2) is 0 Å². The van der Waals surface area contributed by atoms with Crippen LogP contribution in [0.25, 0.3) is 0 Å². The molecule has 0 fully saturated rings. The molecule has 0 amide bonds. The molecule has 3 nitrogen and oxygen atoms in total. The van der Waals surface area contributed by atoms with Gasteiger partial charge in [-0.3, -0.25) is 0 Å². The van der Waals surface area contributed by atoms with Gasteiger partial charge in [-0.2, -0.15) is 10.2 Å². The number of phenols is 1. The van der Waals surface area contributed by atoms with E-state index in [1.165, 1.54) is 15.3 Å². The van der Waals surface area contributed by atoms with Gasteiger partial charge in [0.05, 0.1) is 16.3 Å². The molecule has 1 aromatic heterocycles. The Labute approximate surface area is 160 Å². The van der Waals surface area contributed by atoms with Gasteiger partial charge in [0, 0.05) is 4.88 Å². The molecule has 0 radical (unpaired) electrons. The van der Waals surface area contributed by atoms with Crippen LogP contribution in [0, 0.1) is 19.8 Å². The zero-order chi connectivity index (χ0) is 18.8. The van der Waals surface area contributed by atoms with Crippen LogP contribution in [-0.4, -0.2) is 16.5 Å². The summed E-state index contributed by atoms with van der Waals surface area (Å²) in [5.74, 6) is 1.08. The Bertz CT molecular complexity index is 875. The Morgan fingerprint density at radius 2 is 1.73 bits per heavy atom. The number of phenolic OH excluding ortho intramolecular Hbond substituents is 1. The van der Waals surface area contributed by atoms with Crippen LogP contribution in [0.5, 0.6) is 5.75 Å². The summed E-state index contributed by atoms with van der Waals surface area (Å²) in [6.45, 7) is 10.7. The van der Waals surface area contributed by atoms with Crippen molar-refractivity contribution >= 4 is 22.8 Å². The van der Waals surface area contributed by atoms with E-state index >= 15 is 0 Å². The summed E-state index contributed by atoms with van der Waals surface area (Å²) in [6, 6.07) is 6.34. The minimum Gasteiger partial charge on any atom is -0.507 e. The quantitative estimate of drug-likeness (QED) is 0.710. The lowest BCUT2D eigenvalue weighted by atomic mass is 9.96. The van der Waals surface area contributed by atoms with Crippen molar-refractivity contribution in [1.29, 1.82) is 0 Å². The molecule has 0 saturated heterocycles. The second kappa shape index (κ2) is 7.75. The normalized spacial score (nSPS) is 14.5. The summed E-state index contributed by atoms with van der Waals surface area (Å²) >= 11 is 1.87. The first-order chi connectivity index (χ1) is 12.4. The maximum Gasteiger partial charge on any atom is 0.121 e. The predicted molar refractivity (Wildman–Crippen MR) is 112 cm³/mol. The fourth-order valence-corrected chi connectivity index (χ4v) is 4.75. The SMILES string of the molecule is CCc1cc(C2=NN=C(c3cc(C)c(CC(C)C)s3)CC2)cc(C)c1O. The average Bonchev–Trinajstić information content (AvgIpc) is 2.97. The monoisotopic (exact) mass is 368 g/mol. The highest BCUT2D eigenvalue weighted by Gasteiger charge is 2.18. The van der Waals surface area contributed by atoms with Crippen LogP contribution in [0.4, 0.5) is 0 Å². The third-order valence-electron chi connectivity index (χ3n) is 4.88. The maximum atomic E-state index is 10.1. The molecule has 2 aromatic rings. The number of nitrogens with zero attached hydrogens (tertiary/aromatic N) is 2. The first kappa shape index (κ1) is 18.8. The summed E-state index contributed by atoms with van der Waals surface area (Å²) in [5.41, 5.74) is 6.46. The molecule has 0 saturated carbocycles. The van der Waals surface area contributed by atoms with Gasteiger partial charge in [-0.15, -0.1) is 11.3 Å². The number of thiophene rings is 1. The Balaban J connectivity index is 1.87. The molecule has 0 atom stereocenters. The first-order valence-electron chi connectivity index (χ1n) is 9.45. The van der Waals surface area contributed by atoms with Gasteiger partial charge in [-0.25, -0.2) is 0 Å². The molecule has 4 heteroatoms. The lowest BCUT2D eigenvalue weighted by molar-refractivity contribution is 0.464. The van der Waals surface area contributed by atoms with Gasteiger partial charge in [0.2, 0.25) is 0 Å². The maximum absolute atomic E-state index is 10.1. The Morgan fingerprint density at radius 1 is 1.04 bits per heavy atom. The summed E-state index contributed by atoms with van der Waals surface area (Å²) in [5, 5.41) is 19.2. The number of hydrogen-bond acceptors (Lipinski definition) is 4. The second-order valence-electron chi connectivity index (χ2n) is 7.56. The predicted octanol–water partition coefficient (Wildman–Crippen LogP) is 5.82. The lowest BCUT2D eigenvalue weighted by Gasteiger charge is -2.14. The number of aryl methyl sites for hydroxylation is 3. The van der Waals surface area contributed by atoms with Crippen LogP contribution in [0.15, 0.2) is 28.4 Å². The van der Waals surface area contributed by atoms with Crippen molar-refractivity contribution in [3.05, 3.63) is 50.2 Å². The third-order valence-corrected chi connectivity index (χ3v) is 6.19. The number of aromatic hydroxyl groups is 1. The van der Waals surface area contributed by atoms with Crippen LogP contribution < -0.4 is 0 Å². The molecule has 0 unspecified atom stereocenters. The molecular weight excluding hydrogens is 340 g/mol. The van der Waals surface area contributed by atoms with Crippen molar-refractivity contribution in [2.45, 2.75) is 60.3 Å². The molecule has 1 aliphatic heterocycles. The van der Waals surface area contributed by atoms with Crippen molar-refractivity contribution in [2.75, 3.05) is 0 Å². The minimum absolute atomic E-state index is 0.406. The molecule has 138 valence electrons. The van der Waals surface area contributed by atoms with E-state index in [2.05, 4.69) is 50.0 Å². The van der Waals surface area contributed by atoms with Crippen LogP contribution in [0.2, 0.25) is 0 Å². The highest BCUT2D eigenvalue weighted by molar-refractivity contribution is 7.14. The smallest absolute Gasteiger partial charge is 0.121 e. The number of benzene rings is 1. The average molecular weight is 369 g/mol. The minimum atomic E-state index is 0.406. The molecular formula is C22H28N2OS. The van der Waals surface area contributed by atoms with E-state index in [4.69, 9.17) is 0 Å². The van der Waals surface area contributed by atoms with E-state index in [9.17, 15) is 5.11 Å². The van der Waals surface area contributed by atoms with Crippen molar-refractivity contribution in [2.24, 2.45) is 16.1 Å². The Hall–Kier alpha value is -1.94. The zero-order valence-corrected chi connectivity index (χ0v) is 17.2. The summed E-state index contributed by atoms with van der Waals surface area (Å²) in [6.07, 6.45) is 3.75.